The van der Waals surface area contributed by atoms with Gasteiger partial charge >= 0.3 is 0 Å². The average Bonchev–Trinajstić information content (AvgIpc) is 1.65. The predicted molar refractivity (Wildman–Crippen MR) is 33.0 cm³/mol. The van der Waals surface area contributed by atoms with Crippen LogP contribution in [0.25, 0.3) is 0 Å². The van der Waals surface area contributed by atoms with Gasteiger partial charge in [0.05, 0.1) is 6.92 Å². The van der Waals surface area contributed by atoms with Gasteiger partial charge in [0, 0.05) is 6.04 Å². The Kier molecular flexibility index (Phi) is 2.84. The summed E-state index contributed by atoms with van der Waals surface area (Å²) in [4.78, 5) is 0. The molecule has 0 aliphatic heterocycles. The summed E-state index contributed by atoms with van der Waals surface area (Å²) in [5, 5.41) is 3.10. The summed E-state index contributed by atoms with van der Waals surface area (Å²) in [6, 6.07) is 0.542. The number of hydrogen-bond donors (Lipinski definition) is 1. The normalized spacial score (nSPS) is 18.7. The van der Waals surface area contributed by atoms with Crippen LogP contribution in [0, 0.1) is 12.8 Å². The molecule has 7 heavy (non-hydrogen) atoms. The SMILES string of the molecule is [CH2+]C(C)C(C)NC. The van der Waals surface area contributed by atoms with E-state index in [1.807, 2.05) is 7.05 Å². The van der Waals surface area contributed by atoms with Crippen LogP contribution in [0.2, 0.25) is 0 Å². The molecule has 0 spiro atoms. The molecule has 0 aliphatic rings. The Morgan fingerprint density at radius 1 is 1.43 bits per heavy atom. The Bertz CT molecular complexity index is 41.4. The van der Waals surface area contributed by atoms with Crippen molar-refractivity contribution in [1.82, 2.24) is 5.32 Å². The van der Waals surface area contributed by atoms with Gasteiger partial charge in [0.15, 0.2) is 0 Å². The lowest BCUT2D eigenvalue weighted by atomic mass is 10.1. The maximum Gasteiger partial charge on any atom is 0.107 e. The lowest BCUT2D eigenvalue weighted by molar-refractivity contribution is 0.496. The first-order valence-corrected chi connectivity index (χ1v) is 2.68. The molecule has 0 fully saturated rings. The molecule has 0 heterocycles. The van der Waals surface area contributed by atoms with Gasteiger partial charge in [-0.25, -0.2) is 0 Å². The van der Waals surface area contributed by atoms with E-state index in [1.165, 1.54) is 0 Å². The standard InChI is InChI=1S/C6H14N/c1-5(2)6(3)7-4/h5-7H,1H2,2-4H3/q+1. The molecule has 0 aromatic rings. The first-order valence-electron chi connectivity index (χ1n) is 2.68. The molecular weight excluding hydrogens is 86.1 g/mol. The molecule has 42 valence electrons. The first kappa shape index (κ1) is 6.83. The third kappa shape index (κ3) is 2.52. The summed E-state index contributed by atoms with van der Waals surface area (Å²) < 4.78 is 0. The molecular formula is C6H14N+. The molecule has 0 aromatic heterocycles. The van der Waals surface area contributed by atoms with Crippen molar-refractivity contribution in [3.63, 3.8) is 0 Å². The Balaban J connectivity index is 3.14. The van der Waals surface area contributed by atoms with Crippen molar-refractivity contribution in [1.29, 1.82) is 0 Å². The fraction of sp³-hybridized carbons (Fsp3) is 0.833. The smallest absolute Gasteiger partial charge is 0.107 e. The van der Waals surface area contributed by atoms with Crippen LogP contribution in [-0.4, -0.2) is 13.1 Å². The minimum atomic E-state index is 0.505. The molecule has 0 saturated carbocycles. The van der Waals surface area contributed by atoms with Crippen LogP contribution in [0.1, 0.15) is 13.8 Å². The van der Waals surface area contributed by atoms with Crippen molar-refractivity contribution in [2.24, 2.45) is 5.92 Å². The molecule has 0 aromatic carbocycles. The van der Waals surface area contributed by atoms with Crippen LogP contribution in [-0.2, 0) is 0 Å². The number of hydrogen-bond acceptors (Lipinski definition) is 1. The molecule has 2 atom stereocenters. The highest BCUT2D eigenvalue weighted by atomic mass is 14.9. The van der Waals surface area contributed by atoms with Gasteiger partial charge in [0.25, 0.3) is 0 Å². The highest BCUT2D eigenvalue weighted by Gasteiger charge is 2.07. The third-order valence-electron chi connectivity index (χ3n) is 1.31. The summed E-state index contributed by atoms with van der Waals surface area (Å²) in [5.41, 5.74) is 0. The van der Waals surface area contributed by atoms with Crippen molar-refractivity contribution in [2.45, 2.75) is 19.9 Å². The third-order valence-corrected chi connectivity index (χ3v) is 1.31. The van der Waals surface area contributed by atoms with E-state index in [0.717, 1.165) is 0 Å². The van der Waals surface area contributed by atoms with Crippen LogP contribution in [0.15, 0.2) is 0 Å². The van der Waals surface area contributed by atoms with E-state index < -0.39 is 0 Å². The van der Waals surface area contributed by atoms with Crippen molar-refractivity contribution in [3.8, 4) is 0 Å². The van der Waals surface area contributed by atoms with E-state index in [2.05, 4.69) is 26.1 Å². The zero-order valence-electron chi connectivity index (χ0n) is 5.36. The molecule has 0 saturated heterocycles. The molecule has 1 N–H and O–H groups in total. The second kappa shape index (κ2) is 2.92. The van der Waals surface area contributed by atoms with Crippen LogP contribution in [0.4, 0.5) is 0 Å². The highest BCUT2D eigenvalue weighted by Crippen LogP contribution is 1.96. The number of nitrogens with one attached hydrogen (secondary N) is 1. The van der Waals surface area contributed by atoms with Gasteiger partial charge in [-0.1, -0.05) is 0 Å². The summed E-state index contributed by atoms with van der Waals surface area (Å²) in [6.45, 7) is 8.07. The summed E-state index contributed by atoms with van der Waals surface area (Å²) in [6.07, 6.45) is 0. The lowest BCUT2D eigenvalue weighted by Gasteiger charge is -2.06. The fourth-order valence-corrected chi connectivity index (χ4v) is 0.285. The van der Waals surface area contributed by atoms with Crippen molar-refractivity contribution < 1.29 is 0 Å². The van der Waals surface area contributed by atoms with E-state index >= 15 is 0 Å². The van der Waals surface area contributed by atoms with Crippen LogP contribution >= 0.6 is 0 Å². The minimum Gasteiger partial charge on any atom is -0.313 e. The van der Waals surface area contributed by atoms with E-state index in [4.69, 9.17) is 0 Å². The van der Waals surface area contributed by atoms with E-state index in [0.29, 0.717) is 12.0 Å². The second-order valence-electron chi connectivity index (χ2n) is 2.05. The molecule has 0 bridgehead atoms. The Labute approximate surface area is 46.1 Å². The van der Waals surface area contributed by atoms with Crippen molar-refractivity contribution in [2.75, 3.05) is 7.05 Å². The molecule has 1 nitrogen and oxygen atoms in total. The van der Waals surface area contributed by atoms with Crippen molar-refractivity contribution in [3.05, 3.63) is 6.92 Å². The molecule has 2 unspecified atom stereocenters. The van der Waals surface area contributed by atoms with Gasteiger partial charge < -0.3 is 5.32 Å². The van der Waals surface area contributed by atoms with Gasteiger partial charge in [-0.05, 0) is 20.9 Å². The molecule has 0 amide bonds. The van der Waals surface area contributed by atoms with E-state index in [1.54, 1.807) is 0 Å². The van der Waals surface area contributed by atoms with Crippen LogP contribution in [0.5, 0.6) is 0 Å². The summed E-state index contributed by atoms with van der Waals surface area (Å²) in [7, 11) is 1.95. The fourth-order valence-electron chi connectivity index (χ4n) is 0.285. The zero-order valence-corrected chi connectivity index (χ0v) is 5.36. The van der Waals surface area contributed by atoms with Crippen molar-refractivity contribution >= 4 is 0 Å². The molecule has 0 aliphatic carbocycles. The Morgan fingerprint density at radius 2 is 1.86 bits per heavy atom. The Hall–Kier alpha value is -0.170. The highest BCUT2D eigenvalue weighted by molar-refractivity contribution is 4.66. The lowest BCUT2D eigenvalue weighted by Crippen LogP contribution is -2.26. The van der Waals surface area contributed by atoms with E-state index in [-0.39, 0.29) is 0 Å². The maximum absolute atomic E-state index is 3.85. The minimum absolute atomic E-state index is 0.505. The summed E-state index contributed by atoms with van der Waals surface area (Å²) in [5.74, 6) is 0.505. The summed E-state index contributed by atoms with van der Waals surface area (Å²) >= 11 is 0. The van der Waals surface area contributed by atoms with E-state index in [9.17, 15) is 0 Å². The monoisotopic (exact) mass is 100 g/mol. The van der Waals surface area contributed by atoms with Gasteiger partial charge in [0.2, 0.25) is 0 Å². The van der Waals surface area contributed by atoms with Gasteiger partial charge in [0.1, 0.15) is 5.92 Å². The second-order valence-corrected chi connectivity index (χ2v) is 2.05. The molecule has 0 rings (SSSR count). The maximum atomic E-state index is 3.85. The van der Waals surface area contributed by atoms with Crippen LogP contribution < -0.4 is 5.32 Å². The molecule has 0 radical (unpaired) electrons. The zero-order chi connectivity index (χ0) is 5.86. The van der Waals surface area contributed by atoms with Gasteiger partial charge in [-0.2, -0.15) is 0 Å². The topological polar surface area (TPSA) is 12.0 Å². The molecule has 1 heteroatoms. The quantitative estimate of drug-likeness (QED) is 0.512. The number of rotatable bonds is 2. The average molecular weight is 100 g/mol. The van der Waals surface area contributed by atoms with Gasteiger partial charge in [-0.15, -0.1) is 0 Å². The predicted octanol–water partition coefficient (Wildman–Crippen LogP) is 1.06. The van der Waals surface area contributed by atoms with Crippen LogP contribution in [0.3, 0.4) is 0 Å². The van der Waals surface area contributed by atoms with Gasteiger partial charge in [-0.3, -0.25) is 0 Å². The largest absolute Gasteiger partial charge is 0.313 e. The Morgan fingerprint density at radius 3 is 1.86 bits per heavy atom. The first-order chi connectivity index (χ1) is 3.18.